The van der Waals surface area contributed by atoms with Gasteiger partial charge in [-0.05, 0) is 25.8 Å². The largest absolute Gasteiger partial charge is 0.386 e. The molecule has 0 aromatic heterocycles. The third-order valence-corrected chi connectivity index (χ3v) is 3.90. The number of rotatable bonds is 5. The number of carbonyl (C=O) groups is 4. The van der Waals surface area contributed by atoms with Gasteiger partial charge in [0.25, 0.3) is 0 Å². The molecule has 2 amide bonds. The normalized spacial score (nSPS) is 16.0. The van der Waals surface area contributed by atoms with Gasteiger partial charge in [0.2, 0.25) is 11.8 Å². The molecule has 1 saturated heterocycles. The highest BCUT2D eigenvalue weighted by Gasteiger charge is 2.21. The summed E-state index contributed by atoms with van der Waals surface area (Å²) < 4.78 is 0. The third-order valence-electron chi connectivity index (χ3n) is 3.90. The fourth-order valence-corrected chi connectivity index (χ4v) is 2.47. The van der Waals surface area contributed by atoms with Crippen molar-refractivity contribution < 1.29 is 19.2 Å². The van der Waals surface area contributed by atoms with Crippen LogP contribution in [-0.4, -0.2) is 23.4 Å². The van der Waals surface area contributed by atoms with Crippen molar-refractivity contribution in [1.82, 2.24) is 10.6 Å². The zero-order valence-corrected chi connectivity index (χ0v) is 15.3. The van der Waals surface area contributed by atoms with Crippen molar-refractivity contribution in [2.45, 2.75) is 40.2 Å². The van der Waals surface area contributed by atoms with E-state index in [-0.39, 0.29) is 29.3 Å². The van der Waals surface area contributed by atoms with E-state index in [1.54, 1.807) is 18.2 Å². The summed E-state index contributed by atoms with van der Waals surface area (Å²) in [6.45, 7) is 8.61. The van der Waals surface area contributed by atoms with Crippen LogP contribution in [0.15, 0.2) is 30.6 Å². The first kappa shape index (κ1) is 21.1. The number of Topliss-reactive ketones (excluding diaryl/α,β-unsaturated/α-hetero) is 2. The van der Waals surface area contributed by atoms with Crippen LogP contribution < -0.4 is 16.4 Å². The summed E-state index contributed by atoms with van der Waals surface area (Å²) in [5.74, 6) is -0.182. The fourth-order valence-electron chi connectivity index (χ4n) is 2.47. The third kappa shape index (κ3) is 6.16. The summed E-state index contributed by atoms with van der Waals surface area (Å²) in [6, 6.07) is 5.19. The molecule has 1 atom stereocenters. The lowest BCUT2D eigenvalue weighted by Gasteiger charge is -2.15. The van der Waals surface area contributed by atoms with Crippen LogP contribution in [0, 0.1) is 5.92 Å². The van der Waals surface area contributed by atoms with Crippen molar-refractivity contribution >= 4 is 23.4 Å². The molecule has 4 N–H and O–H groups in total. The Morgan fingerprint density at radius 1 is 1.27 bits per heavy atom. The van der Waals surface area contributed by atoms with Crippen molar-refractivity contribution in [3.05, 3.63) is 47.3 Å². The van der Waals surface area contributed by atoms with Crippen LogP contribution >= 0.6 is 0 Å². The Morgan fingerprint density at radius 2 is 1.92 bits per heavy atom. The van der Waals surface area contributed by atoms with E-state index in [2.05, 4.69) is 17.2 Å². The van der Waals surface area contributed by atoms with Gasteiger partial charge < -0.3 is 11.1 Å². The first-order valence-corrected chi connectivity index (χ1v) is 8.29. The molecule has 0 aliphatic carbocycles. The summed E-state index contributed by atoms with van der Waals surface area (Å²) in [5.41, 5.74) is 7.05. The lowest BCUT2D eigenvalue weighted by molar-refractivity contribution is -0.135. The Kier molecular flexibility index (Phi) is 7.71. The average Bonchev–Trinajstić information content (AvgIpc) is 2.56. The van der Waals surface area contributed by atoms with Crippen molar-refractivity contribution in [3.8, 4) is 0 Å². The highest BCUT2D eigenvalue weighted by molar-refractivity contribution is 6.08. The lowest BCUT2D eigenvalue weighted by Crippen LogP contribution is -2.39. The Hall–Kier alpha value is -2.96. The van der Waals surface area contributed by atoms with Crippen molar-refractivity contribution in [2.75, 3.05) is 0 Å². The first-order chi connectivity index (χ1) is 12.1. The summed E-state index contributed by atoms with van der Waals surface area (Å²) in [7, 11) is 0. The predicted octanol–water partition coefficient (Wildman–Crippen LogP) is 1.67. The molecule has 1 aromatic rings. The Bertz CT molecular complexity index is 740. The van der Waals surface area contributed by atoms with Gasteiger partial charge in [0.05, 0.1) is 5.82 Å². The minimum absolute atomic E-state index is 0.0164. The van der Waals surface area contributed by atoms with Gasteiger partial charge >= 0.3 is 0 Å². The molecule has 1 heterocycles. The monoisotopic (exact) mass is 359 g/mol. The van der Waals surface area contributed by atoms with Crippen molar-refractivity contribution in [3.63, 3.8) is 0 Å². The topological polar surface area (TPSA) is 118 Å². The molecule has 26 heavy (non-hydrogen) atoms. The van der Waals surface area contributed by atoms with Gasteiger partial charge in [-0.1, -0.05) is 31.7 Å². The van der Waals surface area contributed by atoms with Gasteiger partial charge in [-0.15, -0.1) is 0 Å². The molecule has 2 rings (SSSR count). The van der Waals surface area contributed by atoms with E-state index in [0.29, 0.717) is 36.3 Å². The number of ketones is 2. The molecule has 140 valence electrons. The maximum absolute atomic E-state index is 11.6. The smallest absolute Gasteiger partial charge is 0.229 e. The van der Waals surface area contributed by atoms with E-state index in [1.807, 2.05) is 6.92 Å². The van der Waals surface area contributed by atoms with E-state index in [4.69, 9.17) is 5.73 Å². The minimum atomic E-state index is -0.141. The molecule has 1 aliphatic heterocycles. The van der Waals surface area contributed by atoms with Gasteiger partial charge in [-0.25, -0.2) is 0 Å². The van der Waals surface area contributed by atoms with Gasteiger partial charge in [0, 0.05) is 30.0 Å². The number of carbonyl (C=O) groups excluding carboxylic acids is 4. The number of hydrogen-bond acceptors (Lipinski definition) is 6. The molecule has 0 radical (unpaired) electrons. The zero-order chi connectivity index (χ0) is 19.9. The van der Waals surface area contributed by atoms with Crippen molar-refractivity contribution in [1.29, 1.82) is 0 Å². The average molecular weight is 359 g/mol. The van der Waals surface area contributed by atoms with E-state index in [1.165, 1.54) is 13.8 Å². The fraction of sp³-hybridized carbons (Fsp3) is 0.368. The Balaban J connectivity index is 0.000000314. The highest BCUT2D eigenvalue weighted by atomic mass is 16.2. The SMILES string of the molecule is C=C(N)NCc1cccc(C(C)=O)c1C(C)=O.CC1CCC(=O)NC1=O. The highest BCUT2D eigenvalue weighted by Crippen LogP contribution is 2.16. The maximum Gasteiger partial charge on any atom is 0.229 e. The number of imide groups is 1. The summed E-state index contributed by atoms with van der Waals surface area (Å²) in [5, 5.41) is 5.09. The van der Waals surface area contributed by atoms with Crippen molar-refractivity contribution in [2.24, 2.45) is 11.7 Å². The van der Waals surface area contributed by atoms with Crippen LogP contribution in [0.5, 0.6) is 0 Å². The molecule has 7 nitrogen and oxygen atoms in total. The summed E-state index contributed by atoms with van der Waals surface area (Å²) >= 11 is 0. The second-order valence-electron chi connectivity index (χ2n) is 6.18. The minimum Gasteiger partial charge on any atom is -0.386 e. The number of hydrogen-bond donors (Lipinski definition) is 3. The molecule has 1 fully saturated rings. The predicted molar refractivity (Wildman–Crippen MR) is 98.2 cm³/mol. The van der Waals surface area contributed by atoms with Crippen LogP contribution in [0.1, 0.15) is 59.9 Å². The molecular formula is C19H25N3O4. The van der Waals surface area contributed by atoms with Gasteiger partial charge in [0.15, 0.2) is 11.6 Å². The molecule has 1 aromatic carbocycles. The van der Waals surface area contributed by atoms with Gasteiger partial charge in [0.1, 0.15) is 0 Å². The molecule has 7 heteroatoms. The van der Waals surface area contributed by atoms with Gasteiger partial charge in [-0.2, -0.15) is 0 Å². The summed E-state index contributed by atoms with van der Waals surface area (Å²) in [4.78, 5) is 44.2. The number of nitrogens with one attached hydrogen (secondary N) is 2. The van der Waals surface area contributed by atoms with Crippen LogP contribution in [0.2, 0.25) is 0 Å². The number of amides is 2. The molecule has 0 saturated carbocycles. The second kappa shape index (κ2) is 9.50. The first-order valence-electron chi connectivity index (χ1n) is 8.29. The van der Waals surface area contributed by atoms with E-state index >= 15 is 0 Å². The van der Waals surface area contributed by atoms with Crippen LogP contribution in [0.25, 0.3) is 0 Å². The van der Waals surface area contributed by atoms with E-state index in [0.717, 1.165) is 5.56 Å². The van der Waals surface area contributed by atoms with E-state index in [9.17, 15) is 19.2 Å². The molecule has 1 aliphatic rings. The van der Waals surface area contributed by atoms with Crippen LogP contribution in [-0.2, 0) is 16.1 Å². The molecule has 0 bridgehead atoms. The Morgan fingerprint density at radius 3 is 2.38 bits per heavy atom. The lowest BCUT2D eigenvalue weighted by atomic mass is 9.96. The number of piperidine rings is 1. The second-order valence-corrected chi connectivity index (χ2v) is 6.18. The van der Waals surface area contributed by atoms with Crippen LogP contribution in [0.4, 0.5) is 0 Å². The number of benzene rings is 1. The standard InChI is InChI=1S/C13H16N2O2.C6H9NO2/c1-8(16)12-6-4-5-11(7-15-10(3)14)13(12)9(2)17;1-4-2-3-5(8)7-6(4)9/h4-6,15H,3,7,14H2,1-2H3;4H,2-3H2,1H3,(H,7,8,9). The van der Waals surface area contributed by atoms with E-state index < -0.39 is 0 Å². The quantitative estimate of drug-likeness (QED) is 0.544. The van der Waals surface area contributed by atoms with Crippen LogP contribution in [0.3, 0.4) is 0 Å². The molecule has 0 spiro atoms. The maximum atomic E-state index is 11.6. The molecular weight excluding hydrogens is 334 g/mol. The zero-order valence-electron chi connectivity index (χ0n) is 15.3. The summed E-state index contributed by atoms with van der Waals surface area (Å²) in [6.07, 6.45) is 1.19. The molecule has 1 unspecified atom stereocenters. The van der Waals surface area contributed by atoms with Gasteiger partial charge in [-0.3, -0.25) is 24.5 Å². The Labute approximate surface area is 153 Å². The number of nitrogens with two attached hydrogens (primary N) is 1.